The van der Waals surface area contributed by atoms with Crippen LogP contribution in [0.2, 0.25) is 0 Å². The number of non-ortho nitro benzene ring substituents is 1. The average molecular weight is 394 g/mol. The van der Waals surface area contributed by atoms with E-state index >= 15 is 0 Å². The summed E-state index contributed by atoms with van der Waals surface area (Å²) < 4.78 is 5.55. The first-order valence-corrected chi connectivity index (χ1v) is 9.23. The molecule has 0 fully saturated rings. The van der Waals surface area contributed by atoms with Crippen LogP contribution in [0.25, 0.3) is 45.0 Å². The molecule has 0 unspecified atom stereocenters. The molecule has 30 heavy (non-hydrogen) atoms. The van der Waals surface area contributed by atoms with Gasteiger partial charge in [0.05, 0.1) is 21.7 Å². The van der Waals surface area contributed by atoms with Crippen molar-refractivity contribution in [1.29, 1.82) is 0 Å². The Balaban J connectivity index is 1.65. The number of aromatic nitrogens is 3. The van der Waals surface area contributed by atoms with Gasteiger partial charge in [0.25, 0.3) is 11.6 Å². The number of nitro benzene ring substituents is 1. The van der Waals surface area contributed by atoms with Gasteiger partial charge in [-0.3, -0.25) is 10.1 Å². The van der Waals surface area contributed by atoms with Crippen LogP contribution in [0.1, 0.15) is 0 Å². The van der Waals surface area contributed by atoms with E-state index in [1.807, 2.05) is 60.7 Å². The van der Waals surface area contributed by atoms with E-state index in [-0.39, 0.29) is 11.5 Å². The van der Waals surface area contributed by atoms with Crippen LogP contribution in [0.5, 0.6) is 0 Å². The maximum atomic E-state index is 11.1. The van der Waals surface area contributed by atoms with Crippen molar-refractivity contribution in [2.24, 2.45) is 0 Å². The molecule has 7 nitrogen and oxygen atoms in total. The molecule has 0 aliphatic carbocycles. The van der Waals surface area contributed by atoms with E-state index in [9.17, 15) is 10.1 Å². The molecule has 144 valence electrons. The third-order valence-corrected chi connectivity index (χ3v) is 4.76. The Labute approximate surface area is 170 Å². The highest BCUT2D eigenvalue weighted by Crippen LogP contribution is 2.32. The van der Waals surface area contributed by atoms with Crippen molar-refractivity contribution in [3.8, 4) is 34.1 Å². The third-order valence-electron chi connectivity index (χ3n) is 4.76. The van der Waals surface area contributed by atoms with Crippen LogP contribution in [0.15, 0.2) is 89.5 Å². The van der Waals surface area contributed by atoms with Crippen LogP contribution in [-0.4, -0.2) is 20.0 Å². The highest BCUT2D eigenvalue weighted by atomic mass is 16.6. The monoisotopic (exact) mass is 394 g/mol. The summed E-state index contributed by atoms with van der Waals surface area (Å²) in [5.74, 6) is 0.614. The number of nitro groups is 1. The Morgan fingerprint density at radius 3 is 2.40 bits per heavy atom. The SMILES string of the molecule is O=[N+]([O-])c1cccc(-c2noc(-c3cc(-c4ccccc4)nc4ccccc34)n2)c1. The summed E-state index contributed by atoms with van der Waals surface area (Å²) in [5.41, 5.74) is 3.82. The summed E-state index contributed by atoms with van der Waals surface area (Å²) in [6, 6.07) is 25.7. The molecule has 3 aromatic carbocycles. The summed E-state index contributed by atoms with van der Waals surface area (Å²) in [6.07, 6.45) is 0. The molecular weight excluding hydrogens is 380 g/mol. The molecule has 7 heteroatoms. The van der Waals surface area contributed by atoms with Gasteiger partial charge in [0.1, 0.15) is 0 Å². The van der Waals surface area contributed by atoms with Crippen molar-refractivity contribution in [3.63, 3.8) is 0 Å². The maximum Gasteiger partial charge on any atom is 0.270 e. The van der Waals surface area contributed by atoms with Gasteiger partial charge in [-0.1, -0.05) is 65.8 Å². The van der Waals surface area contributed by atoms with E-state index in [2.05, 4.69) is 10.1 Å². The quantitative estimate of drug-likeness (QED) is 0.294. The van der Waals surface area contributed by atoms with Crippen LogP contribution in [0.3, 0.4) is 0 Å². The standard InChI is InChI=1S/C23H14N4O3/c28-27(29)17-10-6-9-16(13-17)22-25-23(30-26-22)19-14-21(15-7-2-1-3-8-15)24-20-12-5-4-11-18(19)20/h1-14H. The van der Waals surface area contributed by atoms with Crippen molar-refractivity contribution in [2.45, 2.75) is 0 Å². The zero-order valence-electron chi connectivity index (χ0n) is 15.6. The van der Waals surface area contributed by atoms with Crippen molar-refractivity contribution < 1.29 is 9.45 Å². The zero-order chi connectivity index (χ0) is 20.5. The Hall–Kier alpha value is -4.39. The van der Waals surface area contributed by atoms with E-state index in [0.29, 0.717) is 11.5 Å². The molecule has 0 amide bonds. The van der Waals surface area contributed by atoms with Crippen molar-refractivity contribution in [2.75, 3.05) is 0 Å². The second kappa shape index (κ2) is 7.21. The molecule has 2 heterocycles. The molecular formula is C23H14N4O3. The molecule has 0 aliphatic rings. The smallest absolute Gasteiger partial charge is 0.270 e. The molecule has 0 N–H and O–H groups in total. The first kappa shape index (κ1) is 17.7. The first-order valence-electron chi connectivity index (χ1n) is 9.23. The number of fused-ring (bicyclic) bond motifs is 1. The maximum absolute atomic E-state index is 11.1. The topological polar surface area (TPSA) is 95.0 Å². The molecule has 0 bridgehead atoms. The fourth-order valence-electron chi connectivity index (χ4n) is 3.32. The second-order valence-corrected chi connectivity index (χ2v) is 6.67. The molecule has 0 saturated carbocycles. The van der Waals surface area contributed by atoms with Gasteiger partial charge < -0.3 is 4.52 Å². The zero-order valence-corrected chi connectivity index (χ0v) is 15.6. The highest BCUT2D eigenvalue weighted by molar-refractivity contribution is 5.94. The predicted molar refractivity (Wildman–Crippen MR) is 113 cm³/mol. The van der Waals surface area contributed by atoms with Gasteiger partial charge in [-0.05, 0) is 12.1 Å². The highest BCUT2D eigenvalue weighted by Gasteiger charge is 2.17. The lowest BCUT2D eigenvalue weighted by Crippen LogP contribution is -1.90. The Kier molecular flexibility index (Phi) is 4.25. The number of hydrogen-bond donors (Lipinski definition) is 0. The number of nitrogens with zero attached hydrogens (tertiary/aromatic N) is 4. The molecule has 0 radical (unpaired) electrons. The third kappa shape index (κ3) is 3.18. The lowest BCUT2D eigenvalue weighted by atomic mass is 10.0. The van der Waals surface area contributed by atoms with Gasteiger partial charge in [0.2, 0.25) is 5.82 Å². The van der Waals surface area contributed by atoms with Gasteiger partial charge in [-0.25, -0.2) is 4.98 Å². The lowest BCUT2D eigenvalue weighted by molar-refractivity contribution is -0.384. The average Bonchev–Trinajstić information content (AvgIpc) is 3.29. The van der Waals surface area contributed by atoms with Gasteiger partial charge in [-0.2, -0.15) is 4.98 Å². The van der Waals surface area contributed by atoms with Crippen molar-refractivity contribution in [1.82, 2.24) is 15.1 Å². The van der Waals surface area contributed by atoms with Gasteiger partial charge in [0.15, 0.2) is 0 Å². The molecule has 5 rings (SSSR count). The number of rotatable bonds is 4. The van der Waals surface area contributed by atoms with E-state index in [1.165, 1.54) is 12.1 Å². The number of benzene rings is 3. The fourth-order valence-corrected chi connectivity index (χ4v) is 3.32. The largest absolute Gasteiger partial charge is 0.334 e. The summed E-state index contributed by atoms with van der Waals surface area (Å²) in [5, 5.41) is 16.0. The minimum absolute atomic E-state index is 0.0282. The molecule has 0 atom stereocenters. The van der Waals surface area contributed by atoms with E-state index in [0.717, 1.165) is 27.7 Å². The number of pyridine rings is 1. The van der Waals surface area contributed by atoms with Crippen molar-refractivity contribution >= 4 is 16.6 Å². The summed E-state index contributed by atoms with van der Waals surface area (Å²) >= 11 is 0. The number of para-hydroxylation sites is 1. The molecule has 0 spiro atoms. The fraction of sp³-hybridized carbons (Fsp3) is 0. The lowest BCUT2D eigenvalue weighted by Gasteiger charge is -2.07. The summed E-state index contributed by atoms with van der Waals surface area (Å²) in [7, 11) is 0. The van der Waals surface area contributed by atoms with Crippen LogP contribution in [-0.2, 0) is 0 Å². The Morgan fingerprint density at radius 2 is 1.57 bits per heavy atom. The Bertz CT molecular complexity index is 1380. The van der Waals surface area contributed by atoms with Crippen LogP contribution < -0.4 is 0 Å². The number of hydrogen-bond acceptors (Lipinski definition) is 6. The Morgan fingerprint density at radius 1 is 0.800 bits per heavy atom. The molecule has 0 saturated heterocycles. The first-order chi connectivity index (χ1) is 14.7. The summed E-state index contributed by atoms with van der Waals surface area (Å²) in [6.45, 7) is 0. The van der Waals surface area contributed by atoms with E-state index in [4.69, 9.17) is 9.51 Å². The van der Waals surface area contributed by atoms with E-state index in [1.54, 1.807) is 12.1 Å². The molecule has 0 aliphatic heterocycles. The van der Waals surface area contributed by atoms with Gasteiger partial charge in [-0.15, -0.1) is 0 Å². The van der Waals surface area contributed by atoms with Crippen molar-refractivity contribution in [3.05, 3.63) is 95.0 Å². The minimum atomic E-state index is -0.451. The van der Waals surface area contributed by atoms with Gasteiger partial charge >= 0.3 is 0 Å². The van der Waals surface area contributed by atoms with Crippen LogP contribution in [0, 0.1) is 10.1 Å². The minimum Gasteiger partial charge on any atom is -0.334 e. The molecule has 2 aromatic heterocycles. The normalized spacial score (nSPS) is 10.9. The van der Waals surface area contributed by atoms with Crippen LogP contribution >= 0.6 is 0 Å². The second-order valence-electron chi connectivity index (χ2n) is 6.67. The molecule has 5 aromatic rings. The summed E-state index contributed by atoms with van der Waals surface area (Å²) in [4.78, 5) is 19.9. The van der Waals surface area contributed by atoms with Gasteiger partial charge in [0, 0.05) is 28.6 Å². The van der Waals surface area contributed by atoms with E-state index < -0.39 is 4.92 Å². The predicted octanol–water partition coefficient (Wildman–Crippen LogP) is 5.53. The van der Waals surface area contributed by atoms with Crippen LogP contribution in [0.4, 0.5) is 5.69 Å².